The second kappa shape index (κ2) is 10.6. The number of ether oxygens (including phenoxy) is 1. The lowest BCUT2D eigenvalue weighted by atomic mass is 10.1. The SMILES string of the molecule is CON(C)C(=O)C=Cc1cn(-c2ccccc2)nc1-c1cccc(OCc2ccc(F)cc2)c1. The Balaban J connectivity index is 1.64. The highest BCUT2D eigenvalue weighted by Gasteiger charge is 2.13. The number of likely N-dealkylation sites (N-methyl/N-ethyl adjacent to an activating group) is 1. The van der Waals surface area contributed by atoms with E-state index < -0.39 is 0 Å². The van der Waals surface area contributed by atoms with E-state index in [1.807, 2.05) is 60.8 Å². The molecule has 4 aromatic rings. The molecule has 1 amide bonds. The van der Waals surface area contributed by atoms with Crippen molar-refractivity contribution in [1.29, 1.82) is 0 Å². The molecule has 0 atom stereocenters. The number of hydrogen-bond donors (Lipinski definition) is 0. The molecular weight excluding hydrogens is 433 g/mol. The van der Waals surface area contributed by atoms with Gasteiger partial charge in [-0.05, 0) is 48.0 Å². The Kier molecular flexibility index (Phi) is 7.15. The van der Waals surface area contributed by atoms with Crippen LogP contribution >= 0.6 is 0 Å². The van der Waals surface area contributed by atoms with Crippen molar-refractivity contribution in [2.45, 2.75) is 6.61 Å². The molecule has 7 heteroatoms. The lowest BCUT2D eigenvalue weighted by molar-refractivity contribution is -0.162. The van der Waals surface area contributed by atoms with Crippen LogP contribution in [-0.2, 0) is 16.2 Å². The van der Waals surface area contributed by atoms with Crippen LogP contribution in [0.15, 0.2) is 91.1 Å². The zero-order valence-electron chi connectivity index (χ0n) is 18.9. The van der Waals surface area contributed by atoms with Gasteiger partial charge in [-0.25, -0.2) is 14.1 Å². The van der Waals surface area contributed by atoms with Gasteiger partial charge < -0.3 is 4.74 Å². The van der Waals surface area contributed by atoms with E-state index in [0.29, 0.717) is 18.1 Å². The molecule has 0 unspecified atom stereocenters. The fourth-order valence-electron chi connectivity index (χ4n) is 3.28. The van der Waals surface area contributed by atoms with Crippen LogP contribution in [-0.4, -0.2) is 34.9 Å². The summed E-state index contributed by atoms with van der Waals surface area (Å²) in [4.78, 5) is 17.2. The third kappa shape index (κ3) is 5.57. The number of hydrogen-bond acceptors (Lipinski definition) is 4. The maximum absolute atomic E-state index is 13.1. The van der Waals surface area contributed by atoms with Crippen molar-refractivity contribution in [1.82, 2.24) is 14.8 Å². The highest BCUT2D eigenvalue weighted by Crippen LogP contribution is 2.28. The van der Waals surface area contributed by atoms with E-state index in [-0.39, 0.29) is 11.7 Å². The van der Waals surface area contributed by atoms with Gasteiger partial charge in [0.15, 0.2) is 0 Å². The van der Waals surface area contributed by atoms with Gasteiger partial charge in [-0.1, -0.05) is 42.5 Å². The van der Waals surface area contributed by atoms with Crippen molar-refractivity contribution in [3.05, 3.63) is 108 Å². The summed E-state index contributed by atoms with van der Waals surface area (Å²) >= 11 is 0. The number of carbonyl (C=O) groups excluding carboxylic acids is 1. The Morgan fingerprint density at radius 2 is 1.82 bits per heavy atom. The molecular formula is C27H24FN3O3. The van der Waals surface area contributed by atoms with Crippen molar-refractivity contribution in [3.63, 3.8) is 0 Å². The third-order valence-electron chi connectivity index (χ3n) is 5.18. The average Bonchev–Trinajstić information content (AvgIpc) is 3.31. The number of amides is 1. The quantitative estimate of drug-likeness (QED) is 0.267. The van der Waals surface area contributed by atoms with Crippen molar-refractivity contribution in [2.75, 3.05) is 14.2 Å². The molecule has 0 spiro atoms. The van der Waals surface area contributed by atoms with E-state index >= 15 is 0 Å². The normalized spacial score (nSPS) is 11.0. The number of nitrogens with zero attached hydrogens (tertiary/aromatic N) is 3. The Hall–Kier alpha value is -4.23. The van der Waals surface area contributed by atoms with E-state index in [1.54, 1.807) is 29.9 Å². The molecule has 6 nitrogen and oxygen atoms in total. The first-order chi connectivity index (χ1) is 16.5. The first kappa shape index (κ1) is 22.9. The van der Waals surface area contributed by atoms with E-state index in [4.69, 9.17) is 14.7 Å². The molecule has 0 aliphatic heterocycles. The summed E-state index contributed by atoms with van der Waals surface area (Å²) in [5.74, 6) is 0.0778. The molecule has 1 aromatic heterocycles. The summed E-state index contributed by atoms with van der Waals surface area (Å²) in [6.45, 7) is 0.312. The van der Waals surface area contributed by atoms with Gasteiger partial charge in [0, 0.05) is 30.4 Å². The molecule has 0 radical (unpaired) electrons. The zero-order valence-corrected chi connectivity index (χ0v) is 18.9. The number of aromatic nitrogens is 2. The number of hydroxylamine groups is 2. The van der Waals surface area contributed by atoms with Gasteiger partial charge in [0.2, 0.25) is 0 Å². The zero-order chi connectivity index (χ0) is 23.9. The Morgan fingerprint density at radius 1 is 1.06 bits per heavy atom. The van der Waals surface area contributed by atoms with E-state index in [0.717, 1.165) is 27.4 Å². The Bertz CT molecular complexity index is 1280. The second-order valence-electron chi connectivity index (χ2n) is 7.51. The monoisotopic (exact) mass is 457 g/mol. The number of rotatable bonds is 8. The number of carbonyl (C=O) groups is 1. The van der Waals surface area contributed by atoms with E-state index in [9.17, 15) is 9.18 Å². The molecule has 3 aromatic carbocycles. The van der Waals surface area contributed by atoms with Crippen LogP contribution < -0.4 is 4.74 Å². The predicted octanol–water partition coefficient (Wildman–Crippen LogP) is 5.29. The summed E-state index contributed by atoms with van der Waals surface area (Å²) < 4.78 is 20.8. The molecule has 34 heavy (non-hydrogen) atoms. The van der Waals surface area contributed by atoms with Gasteiger partial charge in [-0.3, -0.25) is 9.63 Å². The maximum atomic E-state index is 13.1. The van der Waals surface area contributed by atoms with Crippen molar-refractivity contribution in [2.24, 2.45) is 0 Å². The molecule has 0 N–H and O–H groups in total. The Labute approximate surface area is 197 Å². The molecule has 4 rings (SSSR count). The minimum atomic E-state index is -0.294. The second-order valence-corrected chi connectivity index (χ2v) is 7.51. The molecule has 0 saturated heterocycles. The molecule has 172 valence electrons. The first-order valence-electron chi connectivity index (χ1n) is 10.7. The van der Waals surface area contributed by atoms with Crippen LogP contribution in [0.5, 0.6) is 5.75 Å². The summed E-state index contributed by atoms with van der Waals surface area (Å²) in [5.41, 5.74) is 4.05. The van der Waals surface area contributed by atoms with Gasteiger partial charge in [0.25, 0.3) is 5.91 Å². The van der Waals surface area contributed by atoms with Gasteiger partial charge in [0.05, 0.1) is 12.8 Å². The van der Waals surface area contributed by atoms with E-state index in [2.05, 4.69) is 0 Å². The Morgan fingerprint density at radius 3 is 2.56 bits per heavy atom. The van der Waals surface area contributed by atoms with Gasteiger partial charge in [0.1, 0.15) is 23.9 Å². The molecule has 0 fully saturated rings. The molecule has 1 heterocycles. The van der Waals surface area contributed by atoms with Crippen LogP contribution in [0.1, 0.15) is 11.1 Å². The fraction of sp³-hybridized carbons (Fsp3) is 0.111. The molecule has 0 bridgehead atoms. The smallest absolute Gasteiger partial charge is 0.269 e. The van der Waals surface area contributed by atoms with Crippen molar-refractivity contribution >= 4 is 12.0 Å². The van der Waals surface area contributed by atoms with Gasteiger partial charge in [-0.2, -0.15) is 5.10 Å². The van der Waals surface area contributed by atoms with E-state index in [1.165, 1.54) is 25.3 Å². The van der Waals surface area contributed by atoms with Gasteiger partial charge >= 0.3 is 0 Å². The number of halogens is 1. The summed E-state index contributed by atoms with van der Waals surface area (Å²) in [6, 6.07) is 23.5. The number of para-hydroxylation sites is 1. The van der Waals surface area contributed by atoms with Crippen LogP contribution in [0.2, 0.25) is 0 Å². The maximum Gasteiger partial charge on any atom is 0.269 e. The fourth-order valence-corrected chi connectivity index (χ4v) is 3.28. The summed E-state index contributed by atoms with van der Waals surface area (Å²) in [5, 5.41) is 5.92. The average molecular weight is 458 g/mol. The molecule has 0 aliphatic carbocycles. The molecule has 0 saturated carbocycles. The van der Waals surface area contributed by atoms with Crippen LogP contribution in [0.25, 0.3) is 23.0 Å². The lowest BCUT2D eigenvalue weighted by Crippen LogP contribution is -2.22. The molecule has 0 aliphatic rings. The first-order valence-corrected chi connectivity index (χ1v) is 10.7. The highest BCUT2D eigenvalue weighted by atomic mass is 19.1. The van der Waals surface area contributed by atoms with Crippen LogP contribution in [0.4, 0.5) is 4.39 Å². The van der Waals surface area contributed by atoms with Crippen molar-refractivity contribution in [3.8, 4) is 22.7 Å². The lowest BCUT2D eigenvalue weighted by Gasteiger charge is -2.10. The van der Waals surface area contributed by atoms with Crippen LogP contribution in [0.3, 0.4) is 0 Å². The standard InChI is InChI=1S/C27H24FN3O3/c1-30(33-2)26(32)16-13-22-18-31(24-8-4-3-5-9-24)29-27(22)21-7-6-10-25(17-21)34-19-20-11-14-23(28)15-12-20/h3-18H,19H2,1-2H3. The minimum Gasteiger partial charge on any atom is -0.489 e. The summed E-state index contributed by atoms with van der Waals surface area (Å²) in [7, 11) is 2.98. The topological polar surface area (TPSA) is 56.6 Å². The largest absolute Gasteiger partial charge is 0.489 e. The highest BCUT2D eigenvalue weighted by molar-refractivity contribution is 5.92. The van der Waals surface area contributed by atoms with Gasteiger partial charge in [-0.15, -0.1) is 0 Å². The number of benzene rings is 3. The summed E-state index contributed by atoms with van der Waals surface area (Å²) in [6.07, 6.45) is 5.02. The minimum absolute atomic E-state index is 0.282. The predicted molar refractivity (Wildman–Crippen MR) is 129 cm³/mol. The van der Waals surface area contributed by atoms with Crippen LogP contribution in [0, 0.1) is 5.82 Å². The third-order valence-corrected chi connectivity index (χ3v) is 5.18. The van der Waals surface area contributed by atoms with Crippen molar-refractivity contribution < 1.29 is 18.8 Å².